The molecule has 1 aromatic rings. The van der Waals surface area contributed by atoms with Gasteiger partial charge in [0.25, 0.3) is 5.69 Å². The van der Waals surface area contributed by atoms with E-state index < -0.39 is 4.92 Å². The molecule has 0 saturated heterocycles. The predicted molar refractivity (Wildman–Crippen MR) is 46.6 cm³/mol. The largest absolute Gasteiger partial charge is 0.270 e. The van der Waals surface area contributed by atoms with E-state index in [1.54, 1.807) is 13.0 Å². The zero-order valence-corrected chi connectivity index (χ0v) is 6.84. The SMILES string of the molecule is Cc1cc(N=[N+]=[N-])cc([N+](=O)[O-])c1. The van der Waals surface area contributed by atoms with E-state index in [1.165, 1.54) is 12.1 Å². The molecule has 0 bridgehead atoms. The molecule has 0 fully saturated rings. The number of nitro groups is 1. The van der Waals surface area contributed by atoms with Crippen molar-refractivity contribution >= 4 is 11.4 Å². The van der Waals surface area contributed by atoms with Crippen molar-refractivity contribution in [1.29, 1.82) is 0 Å². The Hall–Kier alpha value is -2.07. The van der Waals surface area contributed by atoms with Gasteiger partial charge in [-0.15, -0.1) is 0 Å². The molecule has 66 valence electrons. The van der Waals surface area contributed by atoms with Crippen LogP contribution in [0.2, 0.25) is 0 Å². The number of aryl methyl sites for hydroxylation is 1. The summed E-state index contributed by atoms with van der Waals surface area (Å²) in [5, 5.41) is 13.7. The third-order valence-corrected chi connectivity index (χ3v) is 1.42. The van der Waals surface area contributed by atoms with Gasteiger partial charge in [-0.3, -0.25) is 10.1 Å². The Bertz CT molecular complexity index is 375. The van der Waals surface area contributed by atoms with Crippen molar-refractivity contribution in [2.75, 3.05) is 0 Å². The topological polar surface area (TPSA) is 91.9 Å². The lowest BCUT2D eigenvalue weighted by atomic mass is 10.2. The van der Waals surface area contributed by atoms with Gasteiger partial charge in [0.05, 0.1) is 4.92 Å². The molecule has 13 heavy (non-hydrogen) atoms. The molecule has 1 rings (SSSR count). The van der Waals surface area contributed by atoms with Gasteiger partial charge in [0, 0.05) is 22.7 Å². The Kier molecular flexibility index (Phi) is 2.47. The number of hydrogen-bond acceptors (Lipinski definition) is 3. The lowest BCUT2D eigenvalue weighted by molar-refractivity contribution is -0.384. The van der Waals surface area contributed by atoms with Gasteiger partial charge in [-0.1, -0.05) is 5.11 Å². The van der Waals surface area contributed by atoms with Gasteiger partial charge in [0.1, 0.15) is 0 Å². The van der Waals surface area contributed by atoms with Gasteiger partial charge in [-0.2, -0.15) is 0 Å². The van der Waals surface area contributed by atoms with Crippen LogP contribution in [0.5, 0.6) is 0 Å². The van der Waals surface area contributed by atoms with Crippen molar-refractivity contribution in [2.24, 2.45) is 5.11 Å². The average molecular weight is 178 g/mol. The molecule has 0 N–H and O–H groups in total. The minimum Gasteiger partial charge on any atom is -0.258 e. The summed E-state index contributed by atoms with van der Waals surface area (Å²) in [5.41, 5.74) is 9.01. The van der Waals surface area contributed by atoms with Crippen molar-refractivity contribution in [3.8, 4) is 0 Å². The fourth-order valence-electron chi connectivity index (χ4n) is 0.958. The number of hydrogen-bond donors (Lipinski definition) is 0. The van der Waals surface area contributed by atoms with E-state index in [0.717, 1.165) is 0 Å². The van der Waals surface area contributed by atoms with Gasteiger partial charge in [-0.25, -0.2) is 0 Å². The third-order valence-electron chi connectivity index (χ3n) is 1.42. The molecular formula is C7H6N4O2. The number of nitrogens with zero attached hydrogens (tertiary/aromatic N) is 4. The number of benzene rings is 1. The van der Waals surface area contributed by atoms with Crippen molar-refractivity contribution in [1.82, 2.24) is 0 Å². The summed E-state index contributed by atoms with van der Waals surface area (Å²) in [5.74, 6) is 0. The van der Waals surface area contributed by atoms with E-state index in [9.17, 15) is 10.1 Å². The normalized spacial score (nSPS) is 9.00. The first-order chi connectivity index (χ1) is 6.13. The van der Waals surface area contributed by atoms with E-state index in [1.807, 2.05) is 0 Å². The Morgan fingerprint density at radius 3 is 2.77 bits per heavy atom. The van der Waals surface area contributed by atoms with Gasteiger partial charge >= 0.3 is 0 Å². The number of rotatable bonds is 2. The molecule has 0 amide bonds. The highest BCUT2D eigenvalue weighted by molar-refractivity contribution is 5.49. The fourth-order valence-corrected chi connectivity index (χ4v) is 0.958. The molecule has 0 aliphatic carbocycles. The predicted octanol–water partition coefficient (Wildman–Crippen LogP) is 2.85. The monoisotopic (exact) mass is 178 g/mol. The second-order valence-corrected chi connectivity index (χ2v) is 2.47. The van der Waals surface area contributed by atoms with Crippen LogP contribution in [0.1, 0.15) is 5.56 Å². The Morgan fingerprint density at radius 1 is 1.54 bits per heavy atom. The second-order valence-electron chi connectivity index (χ2n) is 2.47. The Labute approximate surface area is 73.6 Å². The molecule has 1 aromatic carbocycles. The minimum atomic E-state index is -0.524. The summed E-state index contributed by atoms with van der Waals surface area (Å²) in [4.78, 5) is 12.4. The van der Waals surface area contributed by atoms with Gasteiger partial charge in [0.2, 0.25) is 0 Å². The maximum atomic E-state index is 10.4. The quantitative estimate of drug-likeness (QED) is 0.229. The highest BCUT2D eigenvalue weighted by atomic mass is 16.6. The molecule has 0 aliphatic heterocycles. The number of non-ortho nitro benzene ring substituents is 1. The van der Waals surface area contributed by atoms with Gasteiger partial charge < -0.3 is 0 Å². The van der Waals surface area contributed by atoms with Crippen LogP contribution in [0.25, 0.3) is 10.4 Å². The van der Waals surface area contributed by atoms with Gasteiger partial charge in [-0.05, 0) is 24.1 Å². The molecule has 0 atom stereocenters. The zero-order valence-electron chi connectivity index (χ0n) is 6.84. The molecule has 6 heteroatoms. The van der Waals surface area contributed by atoms with E-state index in [2.05, 4.69) is 10.0 Å². The van der Waals surface area contributed by atoms with Gasteiger partial charge in [0.15, 0.2) is 0 Å². The molecule has 0 radical (unpaired) electrons. The van der Waals surface area contributed by atoms with E-state index in [0.29, 0.717) is 5.56 Å². The smallest absolute Gasteiger partial charge is 0.258 e. The summed E-state index contributed by atoms with van der Waals surface area (Å²) in [6.07, 6.45) is 0. The standard InChI is InChI=1S/C7H6N4O2/c1-5-2-6(9-10-8)4-7(3-5)11(12)13/h2-4H,1H3. The van der Waals surface area contributed by atoms with Crippen LogP contribution in [0.3, 0.4) is 0 Å². The first kappa shape index (κ1) is 9.02. The molecule has 0 saturated carbocycles. The molecule has 0 spiro atoms. The van der Waals surface area contributed by atoms with Crippen LogP contribution in [-0.4, -0.2) is 4.92 Å². The zero-order chi connectivity index (χ0) is 9.84. The summed E-state index contributed by atoms with van der Waals surface area (Å²) in [6, 6.07) is 4.22. The average Bonchev–Trinajstić information content (AvgIpc) is 2.03. The third kappa shape index (κ3) is 2.18. The van der Waals surface area contributed by atoms with E-state index in [-0.39, 0.29) is 11.4 Å². The highest BCUT2D eigenvalue weighted by Gasteiger charge is 2.06. The molecule has 0 heterocycles. The molecule has 0 aliphatic rings. The summed E-state index contributed by atoms with van der Waals surface area (Å²) in [7, 11) is 0. The van der Waals surface area contributed by atoms with Crippen LogP contribution in [0.4, 0.5) is 11.4 Å². The summed E-state index contributed by atoms with van der Waals surface area (Å²) in [6.45, 7) is 1.70. The fraction of sp³-hybridized carbons (Fsp3) is 0.143. The van der Waals surface area contributed by atoms with E-state index in [4.69, 9.17) is 5.53 Å². The summed E-state index contributed by atoms with van der Waals surface area (Å²) < 4.78 is 0. The molecular weight excluding hydrogens is 172 g/mol. The van der Waals surface area contributed by atoms with Crippen molar-refractivity contribution in [2.45, 2.75) is 6.92 Å². The first-order valence-electron chi connectivity index (χ1n) is 3.44. The maximum Gasteiger partial charge on any atom is 0.270 e. The van der Waals surface area contributed by atoms with E-state index >= 15 is 0 Å². The van der Waals surface area contributed by atoms with Crippen molar-refractivity contribution in [3.63, 3.8) is 0 Å². The Balaban J connectivity index is 3.26. The van der Waals surface area contributed by atoms with Crippen LogP contribution in [-0.2, 0) is 0 Å². The van der Waals surface area contributed by atoms with Crippen LogP contribution >= 0.6 is 0 Å². The number of azide groups is 1. The lowest BCUT2D eigenvalue weighted by Crippen LogP contribution is -1.87. The second kappa shape index (κ2) is 3.55. The highest BCUT2D eigenvalue weighted by Crippen LogP contribution is 2.22. The Morgan fingerprint density at radius 2 is 2.23 bits per heavy atom. The molecule has 6 nitrogen and oxygen atoms in total. The lowest BCUT2D eigenvalue weighted by Gasteiger charge is -1.95. The maximum absolute atomic E-state index is 10.4. The van der Waals surface area contributed by atoms with Crippen LogP contribution in [0.15, 0.2) is 23.3 Å². The summed E-state index contributed by atoms with van der Waals surface area (Å²) >= 11 is 0. The first-order valence-corrected chi connectivity index (χ1v) is 3.44. The molecule has 0 aromatic heterocycles. The van der Waals surface area contributed by atoms with Crippen molar-refractivity contribution in [3.05, 3.63) is 44.3 Å². The van der Waals surface area contributed by atoms with Crippen molar-refractivity contribution < 1.29 is 4.92 Å². The van der Waals surface area contributed by atoms with Crippen LogP contribution < -0.4 is 0 Å². The number of nitro benzene ring substituents is 1. The van der Waals surface area contributed by atoms with Crippen LogP contribution in [0, 0.1) is 17.0 Å². The minimum absolute atomic E-state index is 0.0672. The molecule has 0 unspecified atom stereocenters.